The van der Waals surface area contributed by atoms with E-state index in [-0.39, 0.29) is 0 Å². The highest BCUT2D eigenvalue weighted by molar-refractivity contribution is 5.40. The first-order valence-electron chi connectivity index (χ1n) is 4.15. The van der Waals surface area contributed by atoms with Gasteiger partial charge in [0.2, 0.25) is 0 Å². The highest BCUT2D eigenvalue weighted by atomic mass is 16.3. The summed E-state index contributed by atoms with van der Waals surface area (Å²) in [6.45, 7) is 0. The molecule has 1 aliphatic carbocycles. The van der Waals surface area contributed by atoms with E-state index in [9.17, 15) is 5.11 Å². The Morgan fingerprint density at radius 2 is 2.42 bits per heavy atom. The van der Waals surface area contributed by atoms with Crippen molar-refractivity contribution in [3.8, 4) is 0 Å². The molecule has 1 aromatic heterocycles. The van der Waals surface area contributed by atoms with Crippen molar-refractivity contribution >= 4 is 5.82 Å². The summed E-state index contributed by atoms with van der Waals surface area (Å²) in [6.07, 6.45) is 3.46. The van der Waals surface area contributed by atoms with Gasteiger partial charge in [-0.25, -0.2) is 0 Å². The lowest BCUT2D eigenvalue weighted by molar-refractivity contribution is 0.154. The number of aliphatic hydroxyl groups excluding tert-OH is 1. The Hall–Kier alpha value is -1.03. The van der Waals surface area contributed by atoms with Gasteiger partial charge in [0.25, 0.3) is 0 Å². The lowest BCUT2D eigenvalue weighted by Crippen LogP contribution is -2.04. The smallest absolute Gasteiger partial charge is 0.127 e. The second kappa shape index (κ2) is 2.48. The van der Waals surface area contributed by atoms with E-state index in [1.807, 2.05) is 0 Å². The molecule has 1 unspecified atom stereocenters. The molecule has 0 radical (unpaired) electrons. The maximum Gasteiger partial charge on any atom is 0.127 e. The van der Waals surface area contributed by atoms with Crippen molar-refractivity contribution in [2.45, 2.75) is 18.9 Å². The number of aromatic nitrogens is 2. The minimum Gasteiger partial charge on any atom is -0.388 e. The molecule has 1 heterocycles. The van der Waals surface area contributed by atoms with Crippen LogP contribution in [0.1, 0.15) is 24.5 Å². The van der Waals surface area contributed by atoms with Crippen molar-refractivity contribution in [3.63, 3.8) is 0 Å². The fourth-order valence-electron chi connectivity index (χ4n) is 1.36. The molecule has 3 N–H and O–H groups in total. The third-order valence-electron chi connectivity index (χ3n) is 2.40. The van der Waals surface area contributed by atoms with Crippen LogP contribution in [0.4, 0.5) is 5.82 Å². The summed E-state index contributed by atoms with van der Waals surface area (Å²) in [5, 5.41) is 13.7. The van der Waals surface area contributed by atoms with E-state index in [1.165, 1.54) is 0 Å². The van der Waals surface area contributed by atoms with E-state index in [2.05, 4.69) is 5.10 Å². The number of anilines is 1. The molecule has 4 nitrogen and oxygen atoms in total. The van der Waals surface area contributed by atoms with Crippen molar-refractivity contribution in [2.24, 2.45) is 13.0 Å². The first-order valence-corrected chi connectivity index (χ1v) is 4.15. The van der Waals surface area contributed by atoms with E-state index in [1.54, 1.807) is 17.9 Å². The van der Waals surface area contributed by atoms with Crippen LogP contribution in [0, 0.1) is 5.92 Å². The number of nitrogens with zero attached hydrogens (tertiary/aromatic N) is 2. The number of rotatable bonds is 2. The first kappa shape index (κ1) is 7.61. The Morgan fingerprint density at radius 1 is 1.75 bits per heavy atom. The first-order chi connectivity index (χ1) is 5.70. The van der Waals surface area contributed by atoms with Crippen molar-refractivity contribution < 1.29 is 5.11 Å². The van der Waals surface area contributed by atoms with Gasteiger partial charge in [0.15, 0.2) is 0 Å². The zero-order chi connectivity index (χ0) is 8.72. The number of nitrogens with two attached hydrogens (primary N) is 1. The molecule has 1 saturated carbocycles. The average molecular weight is 167 g/mol. The van der Waals surface area contributed by atoms with Crippen LogP contribution in [0.15, 0.2) is 6.20 Å². The average Bonchev–Trinajstić information content (AvgIpc) is 2.82. The topological polar surface area (TPSA) is 64.1 Å². The molecule has 0 spiro atoms. The highest BCUT2D eigenvalue weighted by Gasteiger charge is 2.32. The molecular weight excluding hydrogens is 154 g/mol. The molecule has 0 saturated heterocycles. The van der Waals surface area contributed by atoms with Crippen LogP contribution in [0.2, 0.25) is 0 Å². The Bertz CT molecular complexity index is 290. The fraction of sp³-hybridized carbons (Fsp3) is 0.625. The zero-order valence-corrected chi connectivity index (χ0v) is 7.07. The van der Waals surface area contributed by atoms with E-state index in [4.69, 9.17) is 5.73 Å². The quantitative estimate of drug-likeness (QED) is 0.672. The summed E-state index contributed by atoms with van der Waals surface area (Å²) in [6, 6.07) is 0. The standard InChI is InChI=1S/C8H13N3O/c1-11-8(9)6(4-10-11)7(12)5-2-3-5/h4-5,7,12H,2-3,9H2,1H3. The van der Waals surface area contributed by atoms with Gasteiger partial charge in [0, 0.05) is 12.6 Å². The maximum atomic E-state index is 9.72. The van der Waals surface area contributed by atoms with Crippen molar-refractivity contribution in [2.75, 3.05) is 5.73 Å². The van der Waals surface area contributed by atoms with Crippen LogP contribution >= 0.6 is 0 Å². The van der Waals surface area contributed by atoms with Gasteiger partial charge in [-0.15, -0.1) is 0 Å². The summed E-state index contributed by atoms with van der Waals surface area (Å²) in [5.74, 6) is 0.992. The van der Waals surface area contributed by atoms with Gasteiger partial charge in [-0.05, 0) is 18.8 Å². The van der Waals surface area contributed by atoms with Crippen LogP contribution in [0.25, 0.3) is 0 Å². The van der Waals surface area contributed by atoms with Crippen LogP contribution in [0.3, 0.4) is 0 Å². The predicted molar refractivity (Wildman–Crippen MR) is 45.3 cm³/mol. The molecule has 1 fully saturated rings. The summed E-state index contributed by atoms with van der Waals surface area (Å²) >= 11 is 0. The number of nitrogen functional groups attached to an aromatic ring is 1. The minimum absolute atomic E-state index is 0.404. The molecule has 0 amide bonds. The molecule has 2 rings (SSSR count). The van der Waals surface area contributed by atoms with Gasteiger partial charge in [-0.1, -0.05) is 0 Å². The highest BCUT2D eigenvalue weighted by Crippen LogP contribution is 2.42. The van der Waals surface area contributed by atoms with Gasteiger partial charge < -0.3 is 10.8 Å². The monoisotopic (exact) mass is 167 g/mol. The number of hydrogen-bond acceptors (Lipinski definition) is 3. The van der Waals surface area contributed by atoms with E-state index in [0.29, 0.717) is 11.7 Å². The molecular formula is C8H13N3O. The van der Waals surface area contributed by atoms with Crippen LogP contribution in [0.5, 0.6) is 0 Å². The largest absolute Gasteiger partial charge is 0.388 e. The third kappa shape index (κ3) is 1.08. The fourth-order valence-corrected chi connectivity index (χ4v) is 1.36. The number of aliphatic hydroxyl groups is 1. The molecule has 0 aromatic carbocycles. The lowest BCUT2D eigenvalue weighted by Gasteiger charge is -2.07. The molecule has 1 atom stereocenters. The Morgan fingerprint density at radius 3 is 2.83 bits per heavy atom. The second-order valence-electron chi connectivity index (χ2n) is 3.39. The van der Waals surface area contributed by atoms with Gasteiger partial charge >= 0.3 is 0 Å². The number of hydrogen-bond donors (Lipinski definition) is 2. The Kier molecular flexibility index (Phi) is 1.58. The SMILES string of the molecule is Cn1ncc(C(O)C2CC2)c1N. The molecule has 4 heteroatoms. The zero-order valence-electron chi connectivity index (χ0n) is 7.07. The van der Waals surface area contributed by atoms with Gasteiger partial charge in [-0.2, -0.15) is 5.10 Å². The molecule has 12 heavy (non-hydrogen) atoms. The summed E-state index contributed by atoms with van der Waals surface area (Å²) < 4.78 is 1.58. The normalized spacial score (nSPS) is 19.5. The predicted octanol–water partition coefficient (Wildman–Crippen LogP) is 0.446. The Balaban J connectivity index is 2.25. The van der Waals surface area contributed by atoms with Gasteiger partial charge in [0.05, 0.1) is 12.3 Å². The lowest BCUT2D eigenvalue weighted by atomic mass is 10.1. The van der Waals surface area contributed by atoms with Gasteiger partial charge in [0.1, 0.15) is 5.82 Å². The van der Waals surface area contributed by atoms with Crippen LogP contribution in [-0.4, -0.2) is 14.9 Å². The molecule has 0 bridgehead atoms. The van der Waals surface area contributed by atoms with E-state index >= 15 is 0 Å². The van der Waals surface area contributed by atoms with Gasteiger partial charge in [-0.3, -0.25) is 4.68 Å². The molecule has 66 valence electrons. The van der Waals surface area contributed by atoms with Crippen molar-refractivity contribution in [1.29, 1.82) is 0 Å². The van der Waals surface area contributed by atoms with Crippen LogP contribution < -0.4 is 5.73 Å². The molecule has 1 aromatic rings. The third-order valence-corrected chi connectivity index (χ3v) is 2.40. The molecule has 1 aliphatic rings. The Labute approximate surface area is 71.0 Å². The van der Waals surface area contributed by atoms with E-state index < -0.39 is 6.10 Å². The number of aryl methyl sites for hydroxylation is 1. The van der Waals surface area contributed by atoms with Crippen molar-refractivity contribution in [3.05, 3.63) is 11.8 Å². The van der Waals surface area contributed by atoms with Crippen molar-refractivity contribution in [1.82, 2.24) is 9.78 Å². The second-order valence-corrected chi connectivity index (χ2v) is 3.39. The maximum absolute atomic E-state index is 9.72. The summed E-state index contributed by atoms with van der Waals surface area (Å²) in [7, 11) is 1.78. The van der Waals surface area contributed by atoms with E-state index in [0.717, 1.165) is 18.4 Å². The summed E-state index contributed by atoms with van der Waals surface area (Å²) in [5.41, 5.74) is 6.49. The summed E-state index contributed by atoms with van der Waals surface area (Å²) in [4.78, 5) is 0. The minimum atomic E-state index is -0.404. The van der Waals surface area contributed by atoms with Crippen LogP contribution in [-0.2, 0) is 7.05 Å². The molecule has 0 aliphatic heterocycles.